The Labute approximate surface area is 182 Å². The van der Waals surface area contributed by atoms with E-state index in [1.54, 1.807) is 7.05 Å². The second-order valence-corrected chi connectivity index (χ2v) is 7.49. The summed E-state index contributed by atoms with van der Waals surface area (Å²) in [6.45, 7) is 10.1. The monoisotopic (exact) mass is 540 g/mol. The molecule has 0 unspecified atom stereocenters. The molecule has 0 spiro atoms. The first-order valence-corrected chi connectivity index (χ1v) is 9.46. The standard InChI is InChI=1S/C18H29BrN4O2.HI/c1-18(2,23-8-11-24-12-9-23)14-22-17(20-3)21-7-10-25-16-6-4-5-15(19)13-16;/h4-6,13H,7-12,14H2,1-3H3,(H2,20,21,22);1H. The van der Waals surface area contributed by atoms with Gasteiger partial charge < -0.3 is 20.1 Å². The number of guanidine groups is 1. The molecule has 0 amide bonds. The van der Waals surface area contributed by atoms with Crippen molar-refractivity contribution in [1.82, 2.24) is 15.5 Å². The molecular weight excluding hydrogens is 511 g/mol. The van der Waals surface area contributed by atoms with Gasteiger partial charge in [-0.2, -0.15) is 0 Å². The maximum atomic E-state index is 5.72. The van der Waals surface area contributed by atoms with Crippen LogP contribution < -0.4 is 15.4 Å². The molecule has 0 aromatic heterocycles. The highest BCUT2D eigenvalue weighted by molar-refractivity contribution is 14.0. The minimum absolute atomic E-state index is 0. The molecule has 0 aliphatic carbocycles. The Kier molecular flexibility index (Phi) is 10.8. The Hall–Kier alpha value is -0.580. The highest BCUT2D eigenvalue weighted by Gasteiger charge is 2.28. The van der Waals surface area contributed by atoms with Crippen molar-refractivity contribution in [1.29, 1.82) is 0 Å². The van der Waals surface area contributed by atoms with Crippen LogP contribution in [-0.2, 0) is 4.74 Å². The molecule has 1 heterocycles. The fraction of sp³-hybridized carbons (Fsp3) is 0.611. The van der Waals surface area contributed by atoms with Crippen LogP contribution in [0.15, 0.2) is 33.7 Å². The van der Waals surface area contributed by atoms with Crippen molar-refractivity contribution in [2.45, 2.75) is 19.4 Å². The van der Waals surface area contributed by atoms with Crippen LogP contribution in [0.1, 0.15) is 13.8 Å². The number of hydrogen-bond donors (Lipinski definition) is 2. The third kappa shape index (κ3) is 7.98. The molecule has 1 saturated heterocycles. The Morgan fingerprint density at radius 2 is 2.04 bits per heavy atom. The molecule has 0 atom stereocenters. The number of benzene rings is 1. The minimum atomic E-state index is 0. The highest BCUT2D eigenvalue weighted by atomic mass is 127. The van der Waals surface area contributed by atoms with Gasteiger partial charge in [0.05, 0.1) is 19.8 Å². The van der Waals surface area contributed by atoms with Gasteiger partial charge in [-0.15, -0.1) is 24.0 Å². The zero-order valence-electron chi connectivity index (χ0n) is 15.8. The number of aliphatic imine (C=N–C) groups is 1. The van der Waals surface area contributed by atoms with E-state index in [2.05, 4.69) is 50.3 Å². The third-order valence-electron chi connectivity index (χ3n) is 4.24. The summed E-state index contributed by atoms with van der Waals surface area (Å²) in [6.07, 6.45) is 0. The Morgan fingerprint density at radius 1 is 1.31 bits per heavy atom. The summed E-state index contributed by atoms with van der Waals surface area (Å²) in [6, 6.07) is 7.84. The van der Waals surface area contributed by atoms with Crippen LogP contribution in [0.4, 0.5) is 0 Å². The second kappa shape index (κ2) is 12.0. The molecule has 2 N–H and O–H groups in total. The van der Waals surface area contributed by atoms with Crippen LogP contribution in [0.25, 0.3) is 0 Å². The molecule has 0 saturated carbocycles. The molecule has 1 aromatic rings. The normalized spacial score (nSPS) is 15.9. The summed E-state index contributed by atoms with van der Waals surface area (Å²) in [5.74, 6) is 1.65. The SMILES string of the molecule is CN=C(NCCOc1cccc(Br)c1)NCC(C)(C)N1CCOCC1.I. The fourth-order valence-corrected chi connectivity index (χ4v) is 3.07. The lowest BCUT2D eigenvalue weighted by molar-refractivity contribution is -0.00834. The van der Waals surface area contributed by atoms with Crippen LogP contribution in [0.5, 0.6) is 5.75 Å². The maximum Gasteiger partial charge on any atom is 0.191 e. The topological polar surface area (TPSA) is 58.1 Å². The van der Waals surface area contributed by atoms with Crippen molar-refractivity contribution >= 4 is 45.9 Å². The molecular formula is C18H30BrIN4O2. The molecule has 1 aliphatic rings. The van der Waals surface area contributed by atoms with Crippen LogP contribution in [0.2, 0.25) is 0 Å². The predicted molar refractivity (Wildman–Crippen MR) is 121 cm³/mol. The van der Waals surface area contributed by atoms with Gasteiger partial charge in [-0.1, -0.05) is 22.0 Å². The molecule has 1 fully saturated rings. The first-order chi connectivity index (χ1) is 12.0. The average molecular weight is 541 g/mol. The molecule has 6 nitrogen and oxygen atoms in total. The van der Waals surface area contributed by atoms with E-state index in [0.717, 1.165) is 49.0 Å². The number of hydrogen-bond acceptors (Lipinski definition) is 4. The van der Waals surface area contributed by atoms with Crippen LogP contribution in [-0.4, -0.2) is 69.4 Å². The summed E-state index contributed by atoms with van der Waals surface area (Å²) < 4.78 is 12.2. The number of ether oxygens (including phenoxy) is 2. The number of nitrogens with zero attached hydrogens (tertiary/aromatic N) is 2. The van der Waals surface area contributed by atoms with Gasteiger partial charge in [0.25, 0.3) is 0 Å². The lowest BCUT2D eigenvalue weighted by Crippen LogP contribution is -2.56. The van der Waals surface area contributed by atoms with E-state index in [9.17, 15) is 0 Å². The van der Waals surface area contributed by atoms with E-state index in [0.29, 0.717) is 13.2 Å². The van der Waals surface area contributed by atoms with Crippen molar-refractivity contribution in [3.8, 4) is 5.75 Å². The summed E-state index contributed by atoms with van der Waals surface area (Å²) >= 11 is 3.44. The summed E-state index contributed by atoms with van der Waals surface area (Å²) in [4.78, 5) is 6.73. The van der Waals surface area contributed by atoms with E-state index >= 15 is 0 Å². The molecule has 0 radical (unpaired) electrons. The van der Waals surface area contributed by atoms with E-state index in [4.69, 9.17) is 9.47 Å². The Bertz CT molecular complexity index is 566. The van der Waals surface area contributed by atoms with Gasteiger partial charge in [-0.05, 0) is 32.0 Å². The first kappa shape index (κ1) is 23.5. The van der Waals surface area contributed by atoms with Gasteiger partial charge in [0.1, 0.15) is 12.4 Å². The number of morpholine rings is 1. The van der Waals surface area contributed by atoms with Gasteiger partial charge in [0.2, 0.25) is 0 Å². The lowest BCUT2D eigenvalue weighted by Gasteiger charge is -2.41. The summed E-state index contributed by atoms with van der Waals surface area (Å²) in [5, 5.41) is 6.70. The van der Waals surface area contributed by atoms with Gasteiger partial charge in [-0.25, -0.2) is 0 Å². The fourth-order valence-electron chi connectivity index (χ4n) is 2.70. The van der Waals surface area contributed by atoms with Crippen molar-refractivity contribution < 1.29 is 9.47 Å². The van der Waals surface area contributed by atoms with Crippen molar-refractivity contribution in [2.75, 3.05) is 53.0 Å². The zero-order chi connectivity index (χ0) is 18.1. The van der Waals surface area contributed by atoms with Crippen molar-refractivity contribution in [3.05, 3.63) is 28.7 Å². The zero-order valence-corrected chi connectivity index (χ0v) is 19.7. The molecule has 2 rings (SSSR count). The lowest BCUT2D eigenvalue weighted by atomic mass is 10.0. The second-order valence-electron chi connectivity index (χ2n) is 6.57. The molecule has 8 heteroatoms. The smallest absolute Gasteiger partial charge is 0.191 e. The maximum absolute atomic E-state index is 5.72. The van der Waals surface area contributed by atoms with Crippen molar-refractivity contribution in [2.24, 2.45) is 4.99 Å². The Morgan fingerprint density at radius 3 is 2.69 bits per heavy atom. The minimum Gasteiger partial charge on any atom is -0.492 e. The van der Waals surface area contributed by atoms with Crippen LogP contribution in [0.3, 0.4) is 0 Å². The van der Waals surface area contributed by atoms with Gasteiger partial charge in [-0.3, -0.25) is 9.89 Å². The van der Waals surface area contributed by atoms with Crippen LogP contribution in [0, 0.1) is 0 Å². The Balaban J connectivity index is 0.00000338. The quantitative estimate of drug-likeness (QED) is 0.241. The molecule has 1 aromatic carbocycles. The number of halogens is 2. The first-order valence-electron chi connectivity index (χ1n) is 8.67. The molecule has 1 aliphatic heterocycles. The van der Waals surface area contributed by atoms with E-state index in [-0.39, 0.29) is 29.5 Å². The summed E-state index contributed by atoms with van der Waals surface area (Å²) in [5.41, 5.74) is 0.0498. The third-order valence-corrected chi connectivity index (χ3v) is 4.73. The highest BCUT2D eigenvalue weighted by Crippen LogP contribution is 2.17. The number of nitrogens with one attached hydrogen (secondary N) is 2. The molecule has 0 bridgehead atoms. The van der Waals surface area contributed by atoms with Crippen molar-refractivity contribution in [3.63, 3.8) is 0 Å². The largest absolute Gasteiger partial charge is 0.492 e. The van der Waals surface area contributed by atoms with E-state index in [1.165, 1.54) is 0 Å². The van der Waals surface area contributed by atoms with Gasteiger partial charge >= 0.3 is 0 Å². The van der Waals surface area contributed by atoms with Gasteiger partial charge in [0, 0.05) is 36.7 Å². The molecule has 26 heavy (non-hydrogen) atoms. The average Bonchev–Trinajstić information content (AvgIpc) is 2.62. The van der Waals surface area contributed by atoms with Gasteiger partial charge in [0.15, 0.2) is 5.96 Å². The predicted octanol–water partition coefficient (Wildman–Crippen LogP) is 2.72. The summed E-state index contributed by atoms with van der Waals surface area (Å²) in [7, 11) is 1.78. The molecule has 148 valence electrons. The van der Waals surface area contributed by atoms with E-state index < -0.39 is 0 Å². The number of rotatable bonds is 7. The van der Waals surface area contributed by atoms with E-state index in [1.807, 2.05) is 24.3 Å². The van der Waals surface area contributed by atoms with Crippen LogP contribution >= 0.6 is 39.9 Å².